The Morgan fingerprint density at radius 1 is 1.90 bits per heavy atom. The molecular formula is C5H5ClN2O2. The first-order valence-corrected chi connectivity index (χ1v) is 2.92. The average molecular weight is 161 g/mol. The lowest BCUT2D eigenvalue weighted by Gasteiger charge is -1.89. The molecule has 0 fully saturated rings. The van der Waals surface area contributed by atoms with E-state index in [2.05, 4.69) is 9.84 Å². The maximum absolute atomic E-state index is 10.1. The summed E-state index contributed by atoms with van der Waals surface area (Å²) in [5.41, 5.74) is -0.854. The van der Waals surface area contributed by atoms with Crippen LogP contribution >= 0.6 is 11.6 Å². The third-order valence-corrected chi connectivity index (χ3v) is 0.956. The van der Waals surface area contributed by atoms with Crippen molar-refractivity contribution >= 4 is 17.0 Å². The van der Waals surface area contributed by atoms with Crippen LogP contribution in [0.15, 0.2) is 12.4 Å². The predicted molar refractivity (Wildman–Crippen MR) is 35.1 cm³/mol. The molecule has 0 radical (unpaired) electrons. The van der Waals surface area contributed by atoms with Gasteiger partial charge in [0.15, 0.2) is 5.75 Å². The van der Waals surface area contributed by atoms with Crippen molar-refractivity contribution < 1.29 is 9.53 Å². The van der Waals surface area contributed by atoms with E-state index in [1.165, 1.54) is 10.9 Å². The molecule has 54 valence electrons. The molecule has 1 heterocycles. The van der Waals surface area contributed by atoms with E-state index >= 15 is 0 Å². The van der Waals surface area contributed by atoms with Crippen LogP contribution in [-0.4, -0.2) is 15.2 Å². The number of halogens is 1. The van der Waals surface area contributed by atoms with Crippen molar-refractivity contribution in [2.45, 2.75) is 0 Å². The molecule has 0 aliphatic carbocycles. The van der Waals surface area contributed by atoms with Gasteiger partial charge in [-0.05, 0) is 0 Å². The zero-order valence-electron chi connectivity index (χ0n) is 5.24. The van der Waals surface area contributed by atoms with E-state index < -0.39 is 5.43 Å². The number of nitrogens with zero attached hydrogens (tertiary/aromatic N) is 2. The smallest absolute Gasteiger partial charge is 0.409 e. The highest BCUT2D eigenvalue weighted by Crippen LogP contribution is 2.07. The van der Waals surface area contributed by atoms with E-state index in [0.29, 0.717) is 5.75 Å². The van der Waals surface area contributed by atoms with Crippen molar-refractivity contribution in [3.8, 4) is 5.75 Å². The topological polar surface area (TPSA) is 44.1 Å². The molecule has 4 nitrogen and oxygen atoms in total. The highest BCUT2D eigenvalue weighted by molar-refractivity contribution is 6.61. The fraction of sp³-hybridized carbons (Fsp3) is 0.200. The number of aryl methyl sites for hydroxylation is 1. The monoisotopic (exact) mass is 160 g/mol. The summed E-state index contributed by atoms with van der Waals surface area (Å²) < 4.78 is 5.99. The molecule has 10 heavy (non-hydrogen) atoms. The van der Waals surface area contributed by atoms with Gasteiger partial charge < -0.3 is 4.74 Å². The molecule has 0 bridgehead atoms. The summed E-state index contributed by atoms with van der Waals surface area (Å²) in [6.07, 6.45) is 2.94. The Kier molecular flexibility index (Phi) is 1.91. The molecule has 0 aliphatic heterocycles. The summed E-state index contributed by atoms with van der Waals surface area (Å²) in [6, 6.07) is 0. The minimum absolute atomic E-state index is 0.350. The Balaban J connectivity index is 2.67. The molecule has 0 atom stereocenters. The van der Waals surface area contributed by atoms with Gasteiger partial charge in [0.05, 0.1) is 12.4 Å². The summed E-state index contributed by atoms with van der Waals surface area (Å²) in [7, 11) is 1.71. The molecule has 0 aliphatic rings. The molecule has 0 unspecified atom stereocenters. The van der Waals surface area contributed by atoms with Crippen LogP contribution < -0.4 is 4.74 Å². The Bertz CT molecular complexity index is 246. The zero-order valence-corrected chi connectivity index (χ0v) is 6.00. The molecule has 0 saturated heterocycles. The first-order valence-electron chi connectivity index (χ1n) is 2.54. The van der Waals surface area contributed by atoms with Crippen molar-refractivity contribution in [1.29, 1.82) is 0 Å². The molecule has 0 aromatic carbocycles. The van der Waals surface area contributed by atoms with Gasteiger partial charge in [-0.25, -0.2) is 4.79 Å². The molecule has 0 saturated carbocycles. The van der Waals surface area contributed by atoms with Crippen LogP contribution in [0.5, 0.6) is 5.75 Å². The maximum atomic E-state index is 10.1. The SMILES string of the molecule is Cn1cc(OC(=O)Cl)cn1. The van der Waals surface area contributed by atoms with Crippen molar-refractivity contribution in [2.75, 3.05) is 0 Å². The lowest BCUT2D eigenvalue weighted by Crippen LogP contribution is -1.94. The van der Waals surface area contributed by atoms with Crippen LogP contribution in [0.25, 0.3) is 0 Å². The van der Waals surface area contributed by atoms with E-state index in [9.17, 15) is 4.79 Å². The summed E-state index contributed by atoms with van der Waals surface area (Å²) in [5.74, 6) is 0.350. The second kappa shape index (κ2) is 2.70. The van der Waals surface area contributed by atoms with Crippen LogP contribution in [0.4, 0.5) is 4.79 Å². The minimum Gasteiger partial charge on any atom is -0.411 e. The van der Waals surface area contributed by atoms with Crippen LogP contribution in [-0.2, 0) is 7.05 Å². The van der Waals surface area contributed by atoms with Crippen LogP contribution in [0.2, 0.25) is 0 Å². The summed E-state index contributed by atoms with van der Waals surface area (Å²) in [5, 5.41) is 3.75. The lowest BCUT2D eigenvalue weighted by molar-refractivity contribution is 0.225. The normalized spacial score (nSPS) is 9.40. The molecule has 0 amide bonds. The van der Waals surface area contributed by atoms with Crippen LogP contribution in [0.3, 0.4) is 0 Å². The molecular weight excluding hydrogens is 156 g/mol. The summed E-state index contributed by atoms with van der Waals surface area (Å²) in [4.78, 5) is 10.1. The van der Waals surface area contributed by atoms with E-state index in [0.717, 1.165) is 0 Å². The summed E-state index contributed by atoms with van der Waals surface area (Å²) >= 11 is 4.92. The van der Waals surface area contributed by atoms with Gasteiger partial charge in [0, 0.05) is 18.6 Å². The second-order valence-electron chi connectivity index (χ2n) is 1.69. The highest BCUT2D eigenvalue weighted by Gasteiger charge is 2.00. The van der Waals surface area contributed by atoms with E-state index in [1.807, 2.05) is 0 Å². The molecule has 0 spiro atoms. The van der Waals surface area contributed by atoms with E-state index in [1.54, 1.807) is 13.2 Å². The Labute approximate surface area is 62.3 Å². The fourth-order valence-electron chi connectivity index (χ4n) is 0.544. The van der Waals surface area contributed by atoms with Gasteiger partial charge in [-0.3, -0.25) is 4.68 Å². The van der Waals surface area contributed by atoms with Crippen LogP contribution in [0, 0.1) is 0 Å². The van der Waals surface area contributed by atoms with Crippen LogP contribution in [0.1, 0.15) is 0 Å². The van der Waals surface area contributed by atoms with Crippen molar-refractivity contribution in [3.63, 3.8) is 0 Å². The molecule has 1 rings (SSSR count). The predicted octanol–water partition coefficient (Wildman–Crippen LogP) is 1.16. The van der Waals surface area contributed by atoms with Gasteiger partial charge >= 0.3 is 5.43 Å². The molecule has 0 N–H and O–H groups in total. The third-order valence-electron chi connectivity index (χ3n) is 0.879. The number of aromatic nitrogens is 2. The van der Waals surface area contributed by atoms with E-state index in [-0.39, 0.29) is 0 Å². The van der Waals surface area contributed by atoms with Gasteiger partial charge in [-0.2, -0.15) is 5.10 Å². The average Bonchev–Trinajstić information content (AvgIpc) is 2.13. The van der Waals surface area contributed by atoms with Gasteiger partial charge in [-0.1, -0.05) is 0 Å². The number of ether oxygens (including phenoxy) is 1. The van der Waals surface area contributed by atoms with Gasteiger partial charge in [-0.15, -0.1) is 0 Å². The number of hydrogen-bond acceptors (Lipinski definition) is 3. The Hall–Kier alpha value is -1.03. The number of carbonyl (C=O) groups is 1. The third kappa shape index (κ3) is 1.73. The fourth-order valence-corrected chi connectivity index (χ4v) is 0.633. The number of carbonyl (C=O) groups excluding carboxylic acids is 1. The quantitative estimate of drug-likeness (QED) is 0.579. The van der Waals surface area contributed by atoms with Crippen molar-refractivity contribution in [2.24, 2.45) is 7.05 Å². The van der Waals surface area contributed by atoms with Crippen molar-refractivity contribution in [1.82, 2.24) is 9.78 Å². The Morgan fingerprint density at radius 2 is 2.60 bits per heavy atom. The number of rotatable bonds is 1. The minimum atomic E-state index is -0.854. The van der Waals surface area contributed by atoms with Gasteiger partial charge in [0.2, 0.25) is 0 Å². The Morgan fingerprint density at radius 3 is 3.00 bits per heavy atom. The summed E-state index contributed by atoms with van der Waals surface area (Å²) in [6.45, 7) is 0. The second-order valence-corrected chi connectivity index (χ2v) is 2.00. The first kappa shape index (κ1) is 7.08. The first-order chi connectivity index (χ1) is 4.68. The maximum Gasteiger partial charge on any atom is 0.409 e. The molecule has 1 aromatic rings. The number of hydrogen-bond donors (Lipinski definition) is 0. The molecule has 1 aromatic heterocycles. The molecule has 5 heteroatoms. The largest absolute Gasteiger partial charge is 0.411 e. The highest BCUT2D eigenvalue weighted by atomic mass is 35.5. The lowest BCUT2D eigenvalue weighted by atomic mass is 10.7. The van der Waals surface area contributed by atoms with E-state index in [4.69, 9.17) is 11.6 Å². The van der Waals surface area contributed by atoms with Gasteiger partial charge in [0.25, 0.3) is 0 Å². The van der Waals surface area contributed by atoms with Crippen molar-refractivity contribution in [3.05, 3.63) is 12.4 Å². The zero-order chi connectivity index (χ0) is 7.56. The van der Waals surface area contributed by atoms with Gasteiger partial charge in [0.1, 0.15) is 0 Å². The standard InChI is InChI=1S/C5H5ClN2O2/c1-8-3-4(2-7-8)10-5(6)9/h2-3H,1H3.